The Morgan fingerprint density at radius 1 is 1.44 bits per heavy atom. The first-order chi connectivity index (χ1) is 8.61. The molecule has 0 aromatic heterocycles. The Balaban J connectivity index is 1.62. The molecule has 0 aliphatic heterocycles. The summed E-state index contributed by atoms with van der Waals surface area (Å²) in [4.78, 5) is 12.0. The minimum atomic E-state index is -0.0173. The second-order valence-electron chi connectivity index (χ2n) is 5.45. The van der Waals surface area contributed by atoms with Crippen LogP contribution in [-0.2, 0) is 0 Å². The Morgan fingerprint density at radius 2 is 2.17 bits per heavy atom. The van der Waals surface area contributed by atoms with Crippen LogP contribution in [0.25, 0.3) is 0 Å². The maximum atomic E-state index is 12.0. The Hall–Kier alpha value is -0.540. The molecular formula is C14H15BrClNO. The number of halogens is 2. The number of carbonyl (C=O) groups is 1. The highest BCUT2D eigenvalue weighted by Crippen LogP contribution is 2.60. The average molecular weight is 329 g/mol. The molecule has 18 heavy (non-hydrogen) atoms. The molecular weight excluding hydrogens is 314 g/mol. The maximum Gasteiger partial charge on any atom is 0.251 e. The van der Waals surface area contributed by atoms with E-state index in [0.29, 0.717) is 16.0 Å². The Kier molecular flexibility index (Phi) is 3.15. The Bertz CT molecular complexity index is 495. The van der Waals surface area contributed by atoms with Gasteiger partial charge in [-0.3, -0.25) is 4.79 Å². The Morgan fingerprint density at radius 3 is 2.72 bits per heavy atom. The number of rotatable bonds is 4. The normalized spacial score (nSPS) is 20.6. The first kappa shape index (κ1) is 12.5. The highest BCUT2D eigenvalue weighted by atomic mass is 79.9. The van der Waals surface area contributed by atoms with E-state index in [-0.39, 0.29) is 5.91 Å². The van der Waals surface area contributed by atoms with Crippen molar-refractivity contribution in [1.29, 1.82) is 0 Å². The molecule has 0 bridgehead atoms. The van der Waals surface area contributed by atoms with E-state index in [1.807, 2.05) is 6.07 Å². The van der Waals surface area contributed by atoms with Crippen molar-refractivity contribution >= 4 is 33.4 Å². The zero-order valence-corrected chi connectivity index (χ0v) is 12.4. The number of hydrogen-bond donors (Lipinski definition) is 1. The van der Waals surface area contributed by atoms with E-state index < -0.39 is 0 Å². The topological polar surface area (TPSA) is 29.1 Å². The molecule has 1 aromatic rings. The fourth-order valence-electron chi connectivity index (χ4n) is 2.58. The monoisotopic (exact) mass is 327 g/mol. The SMILES string of the molecule is O=C(NCC1(C2CC2)CC1)c1ccc(Br)c(Cl)c1. The van der Waals surface area contributed by atoms with Gasteiger partial charge in [0.15, 0.2) is 0 Å². The van der Waals surface area contributed by atoms with E-state index in [9.17, 15) is 4.79 Å². The smallest absolute Gasteiger partial charge is 0.251 e. The summed E-state index contributed by atoms with van der Waals surface area (Å²) in [5.41, 5.74) is 1.07. The van der Waals surface area contributed by atoms with Crippen molar-refractivity contribution in [2.75, 3.05) is 6.54 Å². The molecule has 2 aliphatic carbocycles. The minimum absolute atomic E-state index is 0.0173. The molecule has 0 heterocycles. The van der Waals surface area contributed by atoms with Crippen LogP contribution < -0.4 is 5.32 Å². The zero-order chi connectivity index (χ0) is 12.8. The van der Waals surface area contributed by atoms with Crippen molar-refractivity contribution < 1.29 is 4.79 Å². The fourth-order valence-corrected chi connectivity index (χ4v) is 3.01. The van der Waals surface area contributed by atoms with Crippen LogP contribution in [-0.4, -0.2) is 12.5 Å². The molecule has 0 atom stereocenters. The number of amides is 1. The van der Waals surface area contributed by atoms with Crippen LogP contribution in [0.3, 0.4) is 0 Å². The van der Waals surface area contributed by atoms with E-state index in [1.54, 1.807) is 12.1 Å². The number of hydrogen-bond acceptors (Lipinski definition) is 1. The summed E-state index contributed by atoms with van der Waals surface area (Å²) in [5.74, 6) is 0.850. The molecule has 2 aliphatic rings. The highest BCUT2D eigenvalue weighted by molar-refractivity contribution is 9.10. The van der Waals surface area contributed by atoms with Crippen molar-refractivity contribution in [2.24, 2.45) is 11.3 Å². The fraction of sp³-hybridized carbons (Fsp3) is 0.500. The van der Waals surface area contributed by atoms with Gasteiger partial charge in [-0.25, -0.2) is 0 Å². The first-order valence-electron chi connectivity index (χ1n) is 6.34. The van der Waals surface area contributed by atoms with Crippen LogP contribution in [0.15, 0.2) is 22.7 Å². The maximum absolute atomic E-state index is 12.0. The Labute approximate surface area is 120 Å². The van der Waals surface area contributed by atoms with Gasteiger partial charge in [-0.15, -0.1) is 0 Å². The third-order valence-electron chi connectivity index (χ3n) is 4.12. The lowest BCUT2D eigenvalue weighted by atomic mass is 10.0. The summed E-state index contributed by atoms with van der Waals surface area (Å²) in [6.45, 7) is 0.824. The molecule has 2 saturated carbocycles. The van der Waals surface area contributed by atoms with E-state index in [1.165, 1.54) is 25.7 Å². The second-order valence-corrected chi connectivity index (χ2v) is 6.71. The minimum Gasteiger partial charge on any atom is -0.351 e. The van der Waals surface area contributed by atoms with Gasteiger partial charge in [0.1, 0.15) is 0 Å². The molecule has 3 rings (SSSR count). The second kappa shape index (κ2) is 4.53. The van der Waals surface area contributed by atoms with Gasteiger partial charge in [0.05, 0.1) is 5.02 Å². The van der Waals surface area contributed by atoms with Crippen LogP contribution in [0.5, 0.6) is 0 Å². The molecule has 96 valence electrons. The van der Waals surface area contributed by atoms with Crippen LogP contribution >= 0.6 is 27.5 Å². The van der Waals surface area contributed by atoms with E-state index in [0.717, 1.165) is 16.9 Å². The number of nitrogens with one attached hydrogen (secondary N) is 1. The lowest BCUT2D eigenvalue weighted by molar-refractivity contribution is 0.0942. The van der Waals surface area contributed by atoms with Crippen molar-refractivity contribution in [3.8, 4) is 0 Å². The lowest BCUT2D eigenvalue weighted by Crippen LogP contribution is -2.31. The first-order valence-corrected chi connectivity index (χ1v) is 7.51. The molecule has 0 radical (unpaired) electrons. The molecule has 1 N–H and O–H groups in total. The summed E-state index contributed by atoms with van der Waals surface area (Å²) in [6, 6.07) is 5.31. The van der Waals surface area contributed by atoms with Crippen molar-refractivity contribution in [3.63, 3.8) is 0 Å². The largest absolute Gasteiger partial charge is 0.351 e. The summed E-state index contributed by atoms with van der Waals surface area (Å²) in [6.07, 6.45) is 5.25. The standard InChI is InChI=1S/C14H15BrClNO/c15-11-4-1-9(7-12(11)16)13(18)17-8-14(5-6-14)10-2-3-10/h1,4,7,10H,2-3,5-6,8H2,(H,17,18). The molecule has 0 unspecified atom stereocenters. The van der Waals surface area contributed by atoms with Gasteiger partial charge in [-0.2, -0.15) is 0 Å². The molecule has 2 nitrogen and oxygen atoms in total. The zero-order valence-electron chi connectivity index (χ0n) is 10.0. The summed E-state index contributed by atoms with van der Waals surface area (Å²) in [5, 5.41) is 3.63. The molecule has 0 spiro atoms. The quantitative estimate of drug-likeness (QED) is 0.888. The number of benzene rings is 1. The molecule has 1 amide bonds. The van der Waals surface area contributed by atoms with Gasteiger partial charge < -0.3 is 5.32 Å². The van der Waals surface area contributed by atoms with Gasteiger partial charge >= 0.3 is 0 Å². The summed E-state index contributed by atoms with van der Waals surface area (Å²) >= 11 is 9.32. The predicted molar refractivity (Wildman–Crippen MR) is 75.9 cm³/mol. The van der Waals surface area contributed by atoms with Crippen LogP contribution in [0.4, 0.5) is 0 Å². The van der Waals surface area contributed by atoms with Gasteiger partial charge in [0.25, 0.3) is 5.91 Å². The lowest BCUT2D eigenvalue weighted by Gasteiger charge is -2.15. The van der Waals surface area contributed by atoms with Gasteiger partial charge in [-0.05, 0) is 71.1 Å². The number of carbonyl (C=O) groups excluding carboxylic acids is 1. The van der Waals surface area contributed by atoms with Crippen LogP contribution in [0, 0.1) is 11.3 Å². The summed E-state index contributed by atoms with van der Waals surface area (Å²) in [7, 11) is 0. The summed E-state index contributed by atoms with van der Waals surface area (Å²) < 4.78 is 0.817. The van der Waals surface area contributed by atoms with Gasteiger partial charge in [0, 0.05) is 16.6 Å². The molecule has 2 fully saturated rings. The third kappa shape index (κ3) is 2.43. The van der Waals surface area contributed by atoms with Crippen molar-refractivity contribution in [3.05, 3.63) is 33.3 Å². The van der Waals surface area contributed by atoms with E-state index in [2.05, 4.69) is 21.2 Å². The molecule has 0 saturated heterocycles. The average Bonchev–Trinajstić information content (AvgIpc) is 3.22. The molecule has 1 aromatic carbocycles. The highest BCUT2D eigenvalue weighted by Gasteiger charge is 2.53. The van der Waals surface area contributed by atoms with Gasteiger partial charge in [-0.1, -0.05) is 11.6 Å². The van der Waals surface area contributed by atoms with Crippen LogP contribution in [0.1, 0.15) is 36.0 Å². The van der Waals surface area contributed by atoms with Crippen LogP contribution in [0.2, 0.25) is 5.02 Å². The van der Waals surface area contributed by atoms with Gasteiger partial charge in [0.2, 0.25) is 0 Å². The van der Waals surface area contributed by atoms with Crippen molar-refractivity contribution in [2.45, 2.75) is 25.7 Å². The van der Waals surface area contributed by atoms with E-state index >= 15 is 0 Å². The predicted octanol–water partition coefficient (Wildman–Crippen LogP) is 4.02. The molecule has 4 heteroatoms. The van der Waals surface area contributed by atoms with E-state index in [4.69, 9.17) is 11.6 Å². The van der Waals surface area contributed by atoms with Crippen molar-refractivity contribution in [1.82, 2.24) is 5.32 Å². The third-order valence-corrected chi connectivity index (χ3v) is 5.35.